The van der Waals surface area contributed by atoms with Crippen molar-refractivity contribution in [3.8, 4) is 0 Å². The van der Waals surface area contributed by atoms with Crippen LogP contribution in [0.5, 0.6) is 0 Å². The van der Waals surface area contributed by atoms with Crippen LogP contribution in [0.25, 0.3) is 0 Å². The molecule has 1 aromatic rings. The summed E-state index contributed by atoms with van der Waals surface area (Å²) in [6.07, 6.45) is 6.15. The minimum absolute atomic E-state index is 0.329. The molecule has 0 radical (unpaired) electrons. The van der Waals surface area contributed by atoms with Crippen molar-refractivity contribution >= 4 is 0 Å². The molecule has 4 nitrogen and oxygen atoms in total. The van der Waals surface area contributed by atoms with Crippen molar-refractivity contribution in [2.45, 2.75) is 64.4 Å². The standard InChI is InChI=1S/C17H27N3O/c1-3-17-12-21-13(2)10-20(17)11-16-5-4-14(9-19-16)8-18-15-6-7-15/h4-5,9,13,15,17-18H,3,6-8,10-12H2,1-2H3. The van der Waals surface area contributed by atoms with Crippen LogP contribution in [0.4, 0.5) is 0 Å². The average Bonchev–Trinajstić information content (AvgIpc) is 3.31. The first kappa shape index (κ1) is 14.9. The zero-order valence-electron chi connectivity index (χ0n) is 13.2. The molecular weight excluding hydrogens is 262 g/mol. The summed E-state index contributed by atoms with van der Waals surface area (Å²) in [5, 5.41) is 3.53. The maximum atomic E-state index is 5.76. The van der Waals surface area contributed by atoms with Gasteiger partial charge in [-0.1, -0.05) is 13.0 Å². The molecule has 21 heavy (non-hydrogen) atoms. The van der Waals surface area contributed by atoms with Crippen LogP contribution < -0.4 is 5.32 Å². The van der Waals surface area contributed by atoms with Crippen LogP contribution in [0.15, 0.2) is 18.3 Å². The number of pyridine rings is 1. The van der Waals surface area contributed by atoms with Crippen molar-refractivity contribution in [3.05, 3.63) is 29.6 Å². The Morgan fingerprint density at radius 1 is 1.38 bits per heavy atom. The molecule has 1 saturated carbocycles. The fourth-order valence-electron chi connectivity index (χ4n) is 2.89. The summed E-state index contributed by atoms with van der Waals surface area (Å²) in [6, 6.07) is 5.67. The van der Waals surface area contributed by atoms with Gasteiger partial charge in [0, 0.05) is 37.9 Å². The van der Waals surface area contributed by atoms with E-state index in [4.69, 9.17) is 4.74 Å². The molecule has 1 N–H and O–H groups in total. The lowest BCUT2D eigenvalue weighted by atomic mass is 10.1. The molecule has 4 heteroatoms. The van der Waals surface area contributed by atoms with Crippen molar-refractivity contribution in [2.75, 3.05) is 13.2 Å². The molecule has 1 aromatic heterocycles. The highest BCUT2D eigenvalue weighted by atomic mass is 16.5. The van der Waals surface area contributed by atoms with E-state index in [0.29, 0.717) is 12.1 Å². The van der Waals surface area contributed by atoms with E-state index in [1.165, 1.54) is 18.4 Å². The van der Waals surface area contributed by atoms with Gasteiger partial charge < -0.3 is 10.1 Å². The fourth-order valence-corrected chi connectivity index (χ4v) is 2.89. The topological polar surface area (TPSA) is 37.4 Å². The zero-order valence-corrected chi connectivity index (χ0v) is 13.2. The minimum Gasteiger partial charge on any atom is -0.376 e. The Bertz CT molecular complexity index is 444. The van der Waals surface area contributed by atoms with Crippen molar-refractivity contribution in [3.63, 3.8) is 0 Å². The van der Waals surface area contributed by atoms with Gasteiger partial charge in [-0.2, -0.15) is 0 Å². The average molecular weight is 289 g/mol. The highest BCUT2D eigenvalue weighted by Gasteiger charge is 2.25. The molecule has 0 amide bonds. The van der Waals surface area contributed by atoms with Gasteiger partial charge in [0.05, 0.1) is 18.4 Å². The van der Waals surface area contributed by atoms with Gasteiger partial charge in [0.25, 0.3) is 0 Å². The second-order valence-corrected chi connectivity index (χ2v) is 6.45. The first-order valence-electron chi connectivity index (χ1n) is 8.27. The van der Waals surface area contributed by atoms with E-state index in [9.17, 15) is 0 Å². The Morgan fingerprint density at radius 2 is 2.24 bits per heavy atom. The van der Waals surface area contributed by atoms with Crippen LogP contribution in [0.3, 0.4) is 0 Å². The normalized spacial score (nSPS) is 27.0. The fraction of sp³-hybridized carbons (Fsp3) is 0.706. The van der Waals surface area contributed by atoms with Crippen molar-refractivity contribution < 1.29 is 4.74 Å². The van der Waals surface area contributed by atoms with Gasteiger partial charge in [-0.25, -0.2) is 0 Å². The van der Waals surface area contributed by atoms with Crippen LogP contribution in [-0.2, 0) is 17.8 Å². The van der Waals surface area contributed by atoms with E-state index in [1.807, 2.05) is 6.20 Å². The van der Waals surface area contributed by atoms with E-state index in [2.05, 4.69) is 41.2 Å². The Labute approximate surface area is 127 Å². The second-order valence-electron chi connectivity index (χ2n) is 6.45. The quantitative estimate of drug-likeness (QED) is 0.872. The maximum Gasteiger partial charge on any atom is 0.0674 e. The molecule has 116 valence electrons. The predicted molar refractivity (Wildman–Crippen MR) is 84.0 cm³/mol. The van der Waals surface area contributed by atoms with E-state index in [0.717, 1.165) is 44.4 Å². The Morgan fingerprint density at radius 3 is 2.90 bits per heavy atom. The van der Waals surface area contributed by atoms with Gasteiger partial charge in [-0.05, 0) is 37.8 Å². The Hall–Kier alpha value is -0.970. The minimum atomic E-state index is 0.329. The molecule has 2 fully saturated rings. The van der Waals surface area contributed by atoms with E-state index >= 15 is 0 Å². The number of morpholine rings is 1. The largest absolute Gasteiger partial charge is 0.376 e. The van der Waals surface area contributed by atoms with Crippen LogP contribution in [0.1, 0.15) is 44.4 Å². The molecule has 1 saturated heterocycles. The van der Waals surface area contributed by atoms with Crippen LogP contribution >= 0.6 is 0 Å². The lowest BCUT2D eigenvalue weighted by molar-refractivity contribution is -0.0595. The van der Waals surface area contributed by atoms with Crippen molar-refractivity contribution in [1.29, 1.82) is 0 Å². The lowest BCUT2D eigenvalue weighted by Gasteiger charge is -2.38. The summed E-state index contributed by atoms with van der Waals surface area (Å²) in [5.41, 5.74) is 2.45. The maximum absolute atomic E-state index is 5.76. The highest BCUT2D eigenvalue weighted by Crippen LogP contribution is 2.20. The Balaban J connectivity index is 1.55. The SMILES string of the molecule is CCC1COC(C)CN1Cc1ccc(CNC2CC2)cn1. The summed E-state index contributed by atoms with van der Waals surface area (Å²) < 4.78 is 5.76. The van der Waals surface area contributed by atoms with Crippen LogP contribution in [0.2, 0.25) is 0 Å². The van der Waals surface area contributed by atoms with Crippen molar-refractivity contribution in [1.82, 2.24) is 15.2 Å². The molecule has 0 spiro atoms. The summed E-state index contributed by atoms with van der Waals surface area (Å²) in [5.74, 6) is 0. The third-order valence-electron chi connectivity index (χ3n) is 4.48. The highest BCUT2D eigenvalue weighted by molar-refractivity contribution is 5.14. The summed E-state index contributed by atoms with van der Waals surface area (Å²) >= 11 is 0. The number of ether oxygens (including phenoxy) is 1. The molecule has 1 aliphatic carbocycles. The molecule has 0 bridgehead atoms. The molecule has 2 atom stereocenters. The number of hydrogen-bond donors (Lipinski definition) is 1. The van der Waals surface area contributed by atoms with Gasteiger partial charge in [-0.15, -0.1) is 0 Å². The van der Waals surface area contributed by atoms with Gasteiger partial charge in [0.15, 0.2) is 0 Å². The first-order valence-corrected chi connectivity index (χ1v) is 8.27. The van der Waals surface area contributed by atoms with E-state index in [-0.39, 0.29) is 0 Å². The molecule has 2 unspecified atom stereocenters. The number of rotatable bonds is 6. The zero-order chi connectivity index (χ0) is 14.7. The predicted octanol–water partition coefficient (Wildman–Crippen LogP) is 2.33. The molecule has 1 aliphatic heterocycles. The summed E-state index contributed by atoms with van der Waals surface area (Å²) in [4.78, 5) is 7.15. The lowest BCUT2D eigenvalue weighted by Crippen LogP contribution is -2.47. The number of hydrogen-bond acceptors (Lipinski definition) is 4. The number of nitrogens with zero attached hydrogens (tertiary/aromatic N) is 2. The summed E-state index contributed by atoms with van der Waals surface area (Å²) in [6.45, 7) is 8.12. The molecule has 3 rings (SSSR count). The van der Waals surface area contributed by atoms with Crippen molar-refractivity contribution in [2.24, 2.45) is 0 Å². The Kier molecular flexibility index (Phi) is 4.88. The monoisotopic (exact) mass is 289 g/mol. The number of aromatic nitrogens is 1. The third kappa shape index (κ3) is 4.25. The van der Waals surface area contributed by atoms with E-state index < -0.39 is 0 Å². The van der Waals surface area contributed by atoms with Gasteiger partial charge in [0.1, 0.15) is 0 Å². The van der Waals surface area contributed by atoms with Crippen LogP contribution in [0, 0.1) is 0 Å². The van der Waals surface area contributed by atoms with Crippen LogP contribution in [-0.4, -0.2) is 41.2 Å². The molecular formula is C17H27N3O. The molecule has 2 heterocycles. The van der Waals surface area contributed by atoms with E-state index in [1.54, 1.807) is 0 Å². The molecule has 0 aromatic carbocycles. The smallest absolute Gasteiger partial charge is 0.0674 e. The third-order valence-corrected chi connectivity index (χ3v) is 4.48. The summed E-state index contributed by atoms with van der Waals surface area (Å²) in [7, 11) is 0. The molecule has 2 aliphatic rings. The first-order chi connectivity index (χ1) is 10.2. The van der Waals surface area contributed by atoms with Gasteiger partial charge in [0.2, 0.25) is 0 Å². The van der Waals surface area contributed by atoms with Gasteiger partial charge >= 0.3 is 0 Å². The number of nitrogens with one attached hydrogen (secondary N) is 1. The van der Waals surface area contributed by atoms with Gasteiger partial charge in [-0.3, -0.25) is 9.88 Å². The second kappa shape index (κ2) is 6.86.